The molecule has 0 bridgehead atoms. The Morgan fingerprint density at radius 1 is 0.389 bits per heavy atom. The van der Waals surface area contributed by atoms with Crippen molar-refractivity contribution in [3.05, 3.63) is 169 Å². The summed E-state index contributed by atoms with van der Waals surface area (Å²) in [7, 11) is 0. The molecule has 0 radical (unpaired) electrons. The van der Waals surface area contributed by atoms with Gasteiger partial charge < -0.3 is 5.32 Å². The molecule has 8 heteroatoms. The molecule has 1 aliphatic rings. The number of nitrogens with zero attached hydrogens (tertiary/aromatic N) is 7. The molecule has 0 saturated heterocycles. The summed E-state index contributed by atoms with van der Waals surface area (Å²) in [5.41, 5.74) is 13.3. The Labute approximate surface area is 309 Å². The van der Waals surface area contributed by atoms with E-state index in [1.807, 2.05) is 60.9 Å². The first-order chi connectivity index (χ1) is 26.8. The fraction of sp³-hybridized carbons (Fsp3) is 0.0217. The average Bonchev–Trinajstić information content (AvgIpc) is 3.26. The highest BCUT2D eigenvalue weighted by molar-refractivity contribution is 6.22. The van der Waals surface area contributed by atoms with E-state index >= 15 is 0 Å². The van der Waals surface area contributed by atoms with Crippen LogP contribution in [0.3, 0.4) is 0 Å². The van der Waals surface area contributed by atoms with Crippen molar-refractivity contribution in [3.8, 4) is 22.5 Å². The molecule has 10 aromatic rings. The Morgan fingerprint density at radius 2 is 0.852 bits per heavy atom. The van der Waals surface area contributed by atoms with Gasteiger partial charge in [0.25, 0.3) is 0 Å². The summed E-state index contributed by atoms with van der Waals surface area (Å²) in [6, 6.07) is 45.1. The molecule has 1 N–H and O–H groups in total. The van der Waals surface area contributed by atoms with Crippen LogP contribution in [0.25, 0.3) is 77.2 Å². The van der Waals surface area contributed by atoms with E-state index in [0.717, 1.165) is 105 Å². The minimum Gasteiger partial charge on any atom is -0.370 e. The van der Waals surface area contributed by atoms with E-state index in [-0.39, 0.29) is 6.04 Å². The summed E-state index contributed by atoms with van der Waals surface area (Å²) in [4.78, 5) is 35.2. The van der Waals surface area contributed by atoms with Crippen molar-refractivity contribution in [3.63, 3.8) is 0 Å². The number of hydrogen-bond acceptors (Lipinski definition) is 8. The topological polar surface area (TPSA) is 102 Å². The van der Waals surface area contributed by atoms with Gasteiger partial charge in [0.05, 0.1) is 67.6 Å². The van der Waals surface area contributed by atoms with Crippen LogP contribution in [-0.2, 0) is 0 Å². The van der Waals surface area contributed by atoms with Crippen molar-refractivity contribution in [2.24, 2.45) is 4.99 Å². The van der Waals surface area contributed by atoms with Crippen molar-refractivity contribution in [2.45, 2.75) is 6.04 Å². The first-order valence-corrected chi connectivity index (χ1v) is 17.8. The molecule has 6 heterocycles. The molecule has 0 spiro atoms. The summed E-state index contributed by atoms with van der Waals surface area (Å²) in [5.74, 6) is 0. The third kappa shape index (κ3) is 4.67. The van der Waals surface area contributed by atoms with Gasteiger partial charge in [0, 0.05) is 57.5 Å². The van der Waals surface area contributed by atoms with Crippen LogP contribution in [-0.4, -0.2) is 35.6 Å². The van der Waals surface area contributed by atoms with Gasteiger partial charge in [-0.2, -0.15) is 0 Å². The number of aromatic nitrogens is 6. The van der Waals surface area contributed by atoms with Crippen LogP contribution in [0.4, 0.5) is 11.4 Å². The number of pyridine rings is 4. The monoisotopic (exact) mass is 692 g/mol. The summed E-state index contributed by atoms with van der Waals surface area (Å²) in [6.07, 6.45) is 7.23. The molecular weight excluding hydrogens is 665 g/mol. The van der Waals surface area contributed by atoms with Crippen LogP contribution in [0.2, 0.25) is 0 Å². The normalized spacial score (nSPS) is 14.0. The first kappa shape index (κ1) is 30.2. The number of fused-ring (bicyclic) bond motifs is 12. The second-order valence-electron chi connectivity index (χ2n) is 13.4. The lowest BCUT2D eigenvalue weighted by molar-refractivity contribution is 1.02. The first-order valence-electron chi connectivity index (χ1n) is 17.8. The van der Waals surface area contributed by atoms with Gasteiger partial charge >= 0.3 is 0 Å². The maximum Gasteiger partial charge on any atom is 0.0996 e. The highest BCUT2D eigenvalue weighted by Crippen LogP contribution is 2.46. The summed E-state index contributed by atoms with van der Waals surface area (Å²) >= 11 is 0. The molecular formula is C46H28N8. The van der Waals surface area contributed by atoms with Crippen LogP contribution < -0.4 is 5.32 Å². The highest BCUT2D eigenvalue weighted by Gasteiger charge is 2.29. The quantitative estimate of drug-likeness (QED) is 0.183. The average molecular weight is 693 g/mol. The molecule has 1 unspecified atom stereocenters. The number of hydrogen-bond donors (Lipinski definition) is 1. The molecule has 0 fully saturated rings. The number of nitrogens with one attached hydrogen (secondary N) is 1. The number of aliphatic imine (C=N–C) groups is 1. The molecule has 0 saturated carbocycles. The largest absolute Gasteiger partial charge is 0.370 e. The molecule has 5 aromatic heterocycles. The maximum absolute atomic E-state index is 5.47. The van der Waals surface area contributed by atoms with E-state index in [4.69, 9.17) is 34.9 Å². The van der Waals surface area contributed by atoms with E-state index in [9.17, 15) is 0 Å². The zero-order valence-corrected chi connectivity index (χ0v) is 28.7. The highest BCUT2D eigenvalue weighted by atomic mass is 15.0. The van der Waals surface area contributed by atoms with Crippen LogP contribution in [0, 0.1) is 0 Å². The minimum atomic E-state index is -0.205. The van der Waals surface area contributed by atoms with Crippen molar-refractivity contribution in [1.29, 1.82) is 0 Å². The molecule has 0 amide bonds. The zero-order valence-electron chi connectivity index (χ0n) is 28.7. The van der Waals surface area contributed by atoms with Crippen LogP contribution in [0.5, 0.6) is 0 Å². The Kier molecular flexibility index (Phi) is 6.75. The second-order valence-corrected chi connectivity index (χ2v) is 13.4. The SMILES string of the molecule is c1ccc(-c2nc3c4cccnc4c4ncccc4c3nc2-c2ccc(C3=Nc4c(c5cccnc5c5ncccc45)NC3c3ccccc3)cc2)cc1. The fourth-order valence-corrected chi connectivity index (χ4v) is 7.80. The van der Waals surface area contributed by atoms with Crippen molar-refractivity contribution in [1.82, 2.24) is 29.9 Å². The van der Waals surface area contributed by atoms with E-state index in [1.54, 1.807) is 12.4 Å². The van der Waals surface area contributed by atoms with Crippen LogP contribution in [0.15, 0.2) is 163 Å². The van der Waals surface area contributed by atoms with Crippen LogP contribution >= 0.6 is 0 Å². The zero-order chi connectivity index (χ0) is 35.6. The van der Waals surface area contributed by atoms with E-state index in [2.05, 4.69) is 90.2 Å². The Morgan fingerprint density at radius 3 is 1.44 bits per heavy atom. The smallest absolute Gasteiger partial charge is 0.0996 e. The lowest BCUT2D eigenvalue weighted by atomic mass is 9.92. The standard InChI is InChI=1S/C46H28N8/c1-3-11-27(12-4-1)35-37(53-45-33-17-9-25-49-41(33)39-31(43(45)51-35)15-7-23-47-39)29-19-21-30(22-20-29)38-36(28-13-5-2-6-14-28)52-44-32-16-8-24-48-40(32)42-34(46(44)54-38)18-10-26-50-42/h1-26,35,51H. The number of benzene rings is 5. The predicted molar refractivity (Wildman–Crippen MR) is 217 cm³/mol. The second kappa shape index (κ2) is 12.1. The number of rotatable bonds is 4. The predicted octanol–water partition coefficient (Wildman–Crippen LogP) is 10.4. The molecule has 1 aliphatic heterocycles. The van der Waals surface area contributed by atoms with Gasteiger partial charge in [-0.3, -0.25) is 19.9 Å². The van der Waals surface area contributed by atoms with Gasteiger partial charge in [-0.05, 0) is 59.7 Å². The summed E-state index contributed by atoms with van der Waals surface area (Å²) in [6.45, 7) is 0. The molecule has 54 heavy (non-hydrogen) atoms. The fourth-order valence-electron chi connectivity index (χ4n) is 7.80. The molecule has 11 rings (SSSR count). The minimum absolute atomic E-state index is 0.205. The summed E-state index contributed by atoms with van der Waals surface area (Å²) in [5, 5.41) is 7.68. The van der Waals surface area contributed by atoms with Crippen LogP contribution in [0.1, 0.15) is 17.2 Å². The van der Waals surface area contributed by atoms with E-state index < -0.39 is 0 Å². The van der Waals surface area contributed by atoms with E-state index in [1.165, 1.54) is 0 Å². The Balaban J connectivity index is 1.13. The van der Waals surface area contributed by atoms with Gasteiger partial charge in [0.1, 0.15) is 0 Å². The molecule has 8 nitrogen and oxygen atoms in total. The molecule has 5 aromatic carbocycles. The summed E-state index contributed by atoms with van der Waals surface area (Å²) < 4.78 is 0. The Hall–Kier alpha value is -7.45. The lowest BCUT2D eigenvalue weighted by Crippen LogP contribution is -2.25. The molecule has 1 atom stereocenters. The Bertz CT molecular complexity index is 3130. The van der Waals surface area contributed by atoms with E-state index in [0.29, 0.717) is 0 Å². The van der Waals surface area contributed by atoms with Gasteiger partial charge in [-0.1, -0.05) is 84.9 Å². The van der Waals surface area contributed by atoms with Gasteiger partial charge in [-0.25, -0.2) is 15.0 Å². The maximum atomic E-state index is 5.47. The molecule has 0 aliphatic carbocycles. The van der Waals surface area contributed by atoms with Gasteiger partial charge in [0.2, 0.25) is 0 Å². The third-order valence-electron chi connectivity index (χ3n) is 10.3. The van der Waals surface area contributed by atoms with Crippen molar-refractivity contribution in [2.75, 3.05) is 5.32 Å². The van der Waals surface area contributed by atoms with Crippen molar-refractivity contribution < 1.29 is 0 Å². The molecule has 252 valence electrons. The number of anilines is 1. The van der Waals surface area contributed by atoms with Crippen molar-refractivity contribution >= 4 is 71.7 Å². The van der Waals surface area contributed by atoms with Gasteiger partial charge in [-0.15, -0.1) is 0 Å². The third-order valence-corrected chi connectivity index (χ3v) is 10.3. The van der Waals surface area contributed by atoms with Gasteiger partial charge in [0.15, 0.2) is 0 Å². The lowest BCUT2D eigenvalue weighted by Gasteiger charge is -2.29.